The summed E-state index contributed by atoms with van der Waals surface area (Å²) in [5, 5.41) is 3.40. The molecule has 1 aromatic rings. The second kappa shape index (κ2) is 6.76. The van der Waals surface area contributed by atoms with Gasteiger partial charge in [0.25, 0.3) is 11.8 Å². The van der Waals surface area contributed by atoms with Gasteiger partial charge in [-0.05, 0) is 37.5 Å². The summed E-state index contributed by atoms with van der Waals surface area (Å²) in [6, 6.07) is 8.10. The van der Waals surface area contributed by atoms with Crippen LogP contribution in [0.25, 0.3) is 0 Å². The molecule has 1 saturated heterocycles. The zero-order chi connectivity index (χ0) is 16.4. The van der Waals surface area contributed by atoms with Crippen LogP contribution in [0.2, 0.25) is 0 Å². The van der Waals surface area contributed by atoms with Gasteiger partial charge in [-0.2, -0.15) is 0 Å². The first-order valence-corrected chi connectivity index (χ1v) is 8.73. The Morgan fingerprint density at radius 2 is 1.83 bits per heavy atom. The Hall–Kier alpha value is -1.79. The fourth-order valence-electron chi connectivity index (χ4n) is 2.95. The van der Waals surface area contributed by atoms with Crippen LogP contribution in [0, 0.1) is 0 Å². The van der Waals surface area contributed by atoms with Crippen LogP contribution in [0.3, 0.4) is 0 Å². The molecule has 0 aliphatic carbocycles. The number of hydrogen-bond acceptors (Lipinski definition) is 4. The number of amides is 2. The van der Waals surface area contributed by atoms with Crippen molar-refractivity contribution in [1.82, 2.24) is 13.9 Å². The molecule has 23 heavy (non-hydrogen) atoms. The number of carbonyl (C=O) groups excluding carboxylic acids is 2. The minimum Gasteiger partial charge on any atom is -0.306 e. The molecule has 1 aromatic carbocycles. The number of hydrogen-bond donors (Lipinski definition) is 1. The van der Waals surface area contributed by atoms with Gasteiger partial charge in [0.2, 0.25) is 0 Å². The van der Waals surface area contributed by atoms with E-state index in [0.29, 0.717) is 13.1 Å². The van der Waals surface area contributed by atoms with E-state index in [1.54, 1.807) is 14.7 Å². The monoisotopic (exact) mass is 331 g/mol. The SMILES string of the molecule is CCN1SN(CC)C(=O)C(=CC2NCCc3ccccc32)C1=O. The van der Waals surface area contributed by atoms with E-state index in [0.717, 1.165) is 18.5 Å². The van der Waals surface area contributed by atoms with E-state index in [2.05, 4.69) is 17.4 Å². The fourth-order valence-corrected chi connectivity index (χ4v) is 3.77. The molecule has 6 heteroatoms. The smallest absolute Gasteiger partial charge is 0.270 e. The van der Waals surface area contributed by atoms with E-state index in [-0.39, 0.29) is 23.4 Å². The number of benzene rings is 1. The first-order valence-electron chi connectivity index (χ1n) is 8.00. The average Bonchev–Trinajstić information content (AvgIpc) is 2.59. The summed E-state index contributed by atoms with van der Waals surface area (Å²) in [4.78, 5) is 25.2. The lowest BCUT2D eigenvalue weighted by atomic mass is 9.93. The van der Waals surface area contributed by atoms with Gasteiger partial charge in [-0.15, -0.1) is 0 Å². The van der Waals surface area contributed by atoms with Crippen molar-refractivity contribution in [3.05, 3.63) is 47.0 Å². The van der Waals surface area contributed by atoms with Crippen molar-refractivity contribution in [3.63, 3.8) is 0 Å². The van der Waals surface area contributed by atoms with Crippen LogP contribution in [-0.4, -0.2) is 40.1 Å². The zero-order valence-electron chi connectivity index (χ0n) is 13.4. The Morgan fingerprint density at radius 1 is 1.17 bits per heavy atom. The number of likely N-dealkylation sites (N-methyl/N-ethyl adjacent to an activating group) is 2. The predicted octanol–water partition coefficient (Wildman–Crippen LogP) is 2.07. The number of nitrogens with one attached hydrogen (secondary N) is 1. The average molecular weight is 331 g/mol. The van der Waals surface area contributed by atoms with Crippen LogP contribution in [-0.2, 0) is 16.0 Å². The standard InChI is InChI=1S/C17H21N3O2S/c1-3-19-16(21)14(17(22)20(4-2)23-19)11-15-13-8-6-5-7-12(13)9-10-18-15/h5-8,11,15,18H,3-4,9-10H2,1-2H3. The molecular formula is C17H21N3O2S. The molecule has 0 spiro atoms. The number of fused-ring (bicyclic) bond motifs is 1. The van der Waals surface area contributed by atoms with Gasteiger partial charge in [-0.25, -0.2) is 0 Å². The van der Waals surface area contributed by atoms with Gasteiger partial charge < -0.3 is 5.32 Å². The number of rotatable bonds is 3. The highest BCUT2D eigenvalue weighted by Gasteiger charge is 2.36. The van der Waals surface area contributed by atoms with Crippen LogP contribution < -0.4 is 5.32 Å². The number of nitrogens with zero attached hydrogens (tertiary/aromatic N) is 2. The van der Waals surface area contributed by atoms with Crippen LogP contribution in [0.1, 0.15) is 31.0 Å². The maximum Gasteiger partial charge on any atom is 0.270 e. The molecule has 3 rings (SSSR count). The van der Waals surface area contributed by atoms with E-state index >= 15 is 0 Å². The molecule has 1 atom stereocenters. The van der Waals surface area contributed by atoms with Gasteiger partial charge in [0.15, 0.2) is 0 Å². The summed E-state index contributed by atoms with van der Waals surface area (Å²) >= 11 is 1.21. The largest absolute Gasteiger partial charge is 0.306 e. The first kappa shape index (κ1) is 16.1. The third kappa shape index (κ3) is 3.01. The van der Waals surface area contributed by atoms with E-state index in [1.807, 2.05) is 26.0 Å². The van der Waals surface area contributed by atoms with E-state index < -0.39 is 0 Å². The molecule has 2 aliphatic heterocycles. The summed E-state index contributed by atoms with van der Waals surface area (Å²) in [7, 11) is 0. The zero-order valence-corrected chi connectivity index (χ0v) is 14.2. The molecule has 122 valence electrons. The van der Waals surface area contributed by atoms with Crippen molar-refractivity contribution < 1.29 is 9.59 Å². The molecular weight excluding hydrogens is 310 g/mol. The lowest BCUT2D eigenvalue weighted by molar-refractivity contribution is -0.130. The topological polar surface area (TPSA) is 52.6 Å². The molecule has 1 unspecified atom stereocenters. The van der Waals surface area contributed by atoms with Crippen molar-refractivity contribution >= 4 is 23.9 Å². The van der Waals surface area contributed by atoms with Gasteiger partial charge in [0.05, 0.1) is 18.2 Å². The van der Waals surface area contributed by atoms with Crippen molar-refractivity contribution in [2.45, 2.75) is 26.3 Å². The summed E-state index contributed by atoms with van der Waals surface area (Å²) < 4.78 is 3.26. The number of carbonyl (C=O) groups is 2. The molecule has 2 heterocycles. The highest BCUT2D eigenvalue weighted by atomic mass is 32.2. The molecule has 0 saturated carbocycles. The van der Waals surface area contributed by atoms with Crippen molar-refractivity contribution in [2.24, 2.45) is 0 Å². The quantitative estimate of drug-likeness (QED) is 0.523. The summed E-state index contributed by atoms with van der Waals surface area (Å²) in [5.41, 5.74) is 2.69. The second-order valence-electron chi connectivity index (χ2n) is 5.54. The predicted molar refractivity (Wildman–Crippen MR) is 91.3 cm³/mol. The van der Waals surface area contributed by atoms with E-state index in [1.165, 1.54) is 17.7 Å². The van der Waals surface area contributed by atoms with Crippen LogP contribution in [0.5, 0.6) is 0 Å². The van der Waals surface area contributed by atoms with Crippen LogP contribution in [0.4, 0.5) is 0 Å². The minimum absolute atomic E-state index is 0.0941. The van der Waals surface area contributed by atoms with Crippen molar-refractivity contribution in [3.8, 4) is 0 Å². The minimum atomic E-state index is -0.197. The molecule has 1 fully saturated rings. The maximum absolute atomic E-state index is 12.6. The molecule has 0 bridgehead atoms. The van der Waals surface area contributed by atoms with E-state index in [4.69, 9.17) is 0 Å². The normalized spacial score (nSPS) is 21.5. The van der Waals surface area contributed by atoms with Crippen molar-refractivity contribution in [1.29, 1.82) is 0 Å². The molecule has 5 nitrogen and oxygen atoms in total. The highest BCUT2D eigenvalue weighted by Crippen LogP contribution is 2.30. The molecule has 0 aromatic heterocycles. The Bertz CT molecular complexity index is 635. The van der Waals surface area contributed by atoms with E-state index in [9.17, 15) is 9.59 Å². The van der Waals surface area contributed by atoms with Crippen molar-refractivity contribution in [2.75, 3.05) is 19.6 Å². The Morgan fingerprint density at radius 3 is 2.48 bits per heavy atom. The Kier molecular flexibility index (Phi) is 4.73. The lowest BCUT2D eigenvalue weighted by Crippen LogP contribution is -2.44. The van der Waals surface area contributed by atoms with Gasteiger partial charge in [-0.1, -0.05) is 24.3 Å². The van der Waals surface area contributed by atoms with Crippen LogP contribution in [0.15, 0.2) is 35.9 Å². The molecule has 0 radical (unpaired) electrons. The molecule has 2 aliphatic rings. The van der Waals surface area contributed by atoms with Gasteiger partial charge >= 0.3 is 0 Å². The van der Waals surface area contributed by atoms with Gasteiger partial charge in [0.1, 0.15) is 5.57 Å². The summed E-state index contributed by atoms with van der Waals surface area (Å²) in [5.74, 6) is -0.394. The Balaban J connectivity index is 1.97. The third-order valence-corrected chi connectivity index (χ3v) is 5.41. The summed E-state index contributed by atoms with van der Waals surface area (Å²) in [6.45, 7) is 5.82. The summed E-state index contributed by atoms with van der Waals surface area (Å²) in [6.07, 6.45) is 2.77. The second-order valence-corrected chi connectivity index (χ2v) is 6.59. The van der Waals surface area contributed by atoms with Gasteiger partial charge in [0, 0.05) is 19.6 Å². The third-order valence-electron chi connectivity index (χ3n) is 4.17. The van der Waals surface area contributed by atoms with Gasteiger partial charge in [-0.3, -0.25) is 18.2 Å². The fraction of sp³-hybridized carbons (Fsp3) is 0.412. The van der Waals surface area contributed by atoms with Crippen LogP contribution >= 0.6 is 12.1 Å². The first-order chi connectivity index (χ1) is 11.2. The highest BCUT2D eigenvalue weighted by molar-refractivity contribution is 7.96. The molecule has 2 amide bonds. The lowest BCUT2D eigenvalue weighted by Gasteiger charge is -2.34. The Labute approximate surface area is 141 Å². The molecule has 1 N–H and O–H groups in total. The maximum atomic E-state index is 12.6.